The summed E-state index contributed by atoms with van der Waals surface area (Å²) in [4.78, 5) is 2.54. The van der Waals surface area contributed by atoms with Gasteiger partial charge in [0.2, 0.25) is 6.79 Å². The highest BCUT2D eigenvalue weighted by Gasteiger charge is 2.37. The number of rotatable bonds is 5. The lowest BCUT2D eigenvalue weighted by Gasteiger charge is -2.44. The molecule has 0 bridgehead atoms. The summed E-state index contributed by atoms with van der Waals surface area (Å²) in [6, 6.07) is 19.5. The molecule has 5 nitrogen and oxygen atoms in total. The lowest BCUT2D eigenvalue weighted by molar-refractivity contribution is 0.174. The van der Waals surface area contributed by atoms with Crippen molar-refractivity contribution in [2.24, 2.45) is 0 Å². The molecule has 0 aliphatic carbocycles. The molecule has 3 aromatic carbocycles. The average molecular weight is 456 g/mol. The van der Waals surface area contributed by atoms with Crippen molar-refractivity contribution in [2.45, 2.75) is 32.2 Å². The zero-order chi connectivity index (χ0) is 23.2. The SMILES string of the molecule is COc1ccc2c(c1OC)[C@@H](C)N1CCc3cc4c(cc3C1=C2CCc1ccccc1)OCO4. The van der Waals surface area contributed by atoms with Gasteiger partial charge in [-0.25, -0.2) is 0 Å². The van der Waals surface area contributed by atoms with E-state index in [4.69, 9.17) is 18.9 Å². The Morgan fingerprint density at radius 1 is 0.912 bits per heavy atom. The highest BCUT2D eigenvalue weighted by Crippen LogP contribution is 2.53. The van der Waals surface area contributed by atoms with Crippen LogP contribution in [0.5, 0.6) is 23.0 Å². The molecule has 6 rings (SSSR count). The molecule has 5 heteroatoms. The molecule has 0 unspecified atom stereocenters. The highest BCUT2D eigenvalue weighted by molar-refractivity contribution is 5.95. The van der Waals surface area contributed by atoms with Crippen molar-refractivity contribution >= 4 is 11.3 Å². The van der Waals surface area contributed by atoms with E-state index >= 15 is 0 Å². The molecule has 1 atom stereocenters. The van der Waals surface area contributed by atoms with Crippen LogP contribution in [0.25, 0.3) is 11.3 Å². The first-order chi connectivity index (χ1) is 16.7. The van der Waals surface area contributed by atoms with E-state index in [1.54, 1.807) is 14.2 Å². The second-order valence-electron chi connectivity index (χ2n) is 9.06. The molecule has 0 saturated carbocycles. The van der Waals surface area contributed by atoms with Crippen LogP contribution in [0.1, 0.15) is 47.2 Å². The number of ether oxygens (including phenoxy) is 4. The van der Waals surface area contributed by atoms with Crippen LogP contribution in [0.15, 0.2) is 54.6 Å². The van der Waals surface area contributed by atoms with Crippen LogP contribution in [0.2, 0.25) is 0 Å². The lowest BCUT2D eigenvalue weighted by atomic mass is 9.80. The third-order valence-corrected chi connectivity index (χ3v) is 7.35. The van der Waals surface area contributed by atoms with Crippen molar-refractivity contribution in [1.82, 2.24) is 4.90 Å². The fraction of sp³-hybridized carbons (Fsp3) is 0.310. The van der Waals surface area contributed by atoms with Gasteiger partial charge in [0.05, 0.1) is 20.3 Å². The predicted octanol–water partition coefficient (Wildman–Crippen LogP) is 5.87. The van der Waals surface area contributed by atoms with E-state index < -0.39 is 0 Å². The summed E-state index contributed by atoms with van der Waals surface area (Å²) in [7, 11) is 3.44. The maximum atomic E-state index is 5.92. The molecule has 34 heavy (non-hydrogen) atoms. The van der Waals surface area contributed by atoms with Crippen molar-refractivity contribution in [3.05, 3.63) is 82.4 Å². The van der Waals surface area contributed by atoms with Crippen molar-refractivity contribution in [1.29, 1.82) is 0 Å². The Bertz CT molecular complexity index is 1280. The van der Waals surface area contributed by atoms with E-state index in [0.717, 1.165) is 48.8 Å². The molecule has 0 aromatic heterocycles. The fourth-order valence-corrected chi connectivity index (χ4v) is 5.72. The molecule has 174 valence electrons. The highest BCUT2D eigenvalue weighted by atomic mass is 16.7. The van der Waals surface area contributed by atoms with E-state index in [0.29, 0.717) is 0 Å². The van der Waals surface area contributed by atoms with Gasteiger partial charge in [-0.15, -0.1) is 0 Å². The van der Waals surface area contributed by atoms with Gasteiger partial charge in [-0.3, -0.25) is 0 Å². The summed E-state index contributed by atoms with van der Waals surface area (Å²) >= 11 is 0. The molecule has 3 heterocycles. The standard InChI is InChI=1S/C29H29NO4/c1-18-27-21(11-12-24(31-2)29(27)32-3)22(10-9-19-7-5-4-6-8-19)28-23-16-26-25(33-17-34-26)15-20(23)13-14-30(18)28/h4-8,11-12,15-16,18H,9-10,13-14,17H2,1-3H3/t18-/m1/s1. The molecule has 0 N–H and O–H groups in total. The summed E-state index contributed by atoms with van der Waals surface area (Å²) < 4.78 is 23.0. The largest absolute Gasteiger partial charge is 0.493 e. The van der Waals surface area contributed by atoms with Gasteiger partial charge in [0, 0.05) is 23.4 Å². The van der Waals surface area contributed by atoms with Crippen LogP contribution in [-0.2, 0) is 12.8 Å². The zero-order valence-corrected chi connectivity index (χ0v) is 19.9. The Hall–Kier alpha value is -3.60. The van der Waals surface area contributed by atoms with Crippen LogP contribution in [0.3, 0.4) is 0 Å². The normalized spacial score (nSPS) is 17.7. The monoisotopic (exact) mass is 455 g/mol. The minimum atomic E-state index is 0.161. The molecule has 0 amide bonds. The van der Waals surface area contributed by atoms with Crippen LogP contribution in [-0.4, -0.2) is 32.5 Å². The van der Waals surface area contributed by atoms with Gasteiger partial charge in [0.15, 0.2) is 23.0 Å². The van der Waals surface area contributed by atoms with E-state index in [2.05, 4.69) is 60.4 Å². The number of aryl methyl sites for hydroxylation is 1. The van der Waals surface area contributed by atoms with Crippen molar-refractivity contribution in [3.8, 4) is 23.0 Å². The molecule has 0 radical (unpaired) electrons. The van der Waals surface area contributed by atoms with Gasteiger partial charge in [-0.1, -0.05) is 36.4 Å². The Kier molecular flexibility index (Phi) is 5.13. The van der Waals surface area contributed by atoms with Crippen molar-refractivity contribution in [2.75, 3.05) is 27.6 Å². The van der Waals surface area contributed by atoms with E-state index in [-0.39, 0.29) is 12.8 Å². The smallest absolute Gasteiger partial charge is 0.231 e. The summed E-state index contributed by atoms with van der Waals surface area (Å²) in [6.45, 7) is 3.50. The molecule has 0 fully saturated rings. The minimum absolute atomic E-state index is 0.161. The average Bonchev–Trinajstić information content (AvgIpc) is 3.34. The van der Waals surface area contributed by atoms with E-state index in [1.807, 2.05) is 6.07 Å². The number of fused-ring (bicyclic) bond motifs is 5. The Morgan fingerprint density at radius 2 is 1.71 bits per heavy atom. The fourth-order valence-electron chi connectivity index (χ4n) is 5.72. The van der Waals surface area contributed by atoms with Crippen LogP contribution < -0.4 is 18.9 Å². The number of benzene rings is 3. The summed E-state index contributed by atoms with van der Waals surface area (Å²) in [5, 5.41) is 0. The molecule has 3 aliphatic heterocycles. The first-order valence-electron chi connectivity index (χ1n) is 11.9. The van der Waals surface area contributed by atoms with Gasteiger partial charge in [0.25, 0.3) is 0 Å². The summed E-state index contributed by atoms with van der Waals surface area (Å²) in [5.41, 5.74) is 9.02. The minimum Gasteiger partial charge on any atom is -0.493 e. The van der Waals surface area contributed by atoms with Gasteiger partial charge in [-0.05, 0) is 66.6 Å². The first kappa shape index (κ1) is 21.0. The van der Waals surface area contributed by atoms with E-state index in [9.17, 15) is 0 Å². The molecular formula is C29H29NO4. The van der Waals surface area contributed by atoms with Crippen molar-refractivity contribution in [3.63, 3.8) is 0 Å². The van der Waals surface area contributed by atoms with Gasteiger partial charge < -0.3 is 23.8 Å². The third-order valence-electron chi connectivity index (χ3n) is 7.35. The number of allylic oxidation sites excluding steroid dienone is 1. The molecule has 0 spiro atoms. The zero-order valence-electron chi connectivity index (χ0n) is 19.9. The second-order valence-corrected chi connectivity index (χ2v) is 9.06. The van der Waals surface area contributed by atoms with Crippen LogP contribution in [0, 0.1) is 0 Å². The second kappa shape index (κ2) is 8.32. The topological polar surface area (TPSA) is 40.2 Å². The number of methoxy groups -OCH3 is 2. The Labute approximate surface area is 200 Å². The predicted molar refractivity (Wildman–Crippen MR) is 133 cm³/mol. The first-order valence-corrected chi connectivity index (χ1v) is 11.9. The van der Waals surface area contributed by atoms with E-state index in [1.165, 1.54) is 39.1 Å². The van der Waals surface area contributed by atoms with Gasteiger partial charge >= 0.3 is 0 Å². The molecule has 3 aromatic rings. The molecule has 3 aliphatic rings. The molecule has 0 saturated heterocycles. The number of hydrogen-bond acceptors (Lipinski definition) is 5. The quantitative estimate of drug-likeness (QED) is 0.481. The summed E-state index contributed by atoms with van der Waals surface area (Å²) in [6.07, 6.45) is 2.86. The Morgan fingerprint density at radius 3 is 2.47 bits per heavy atom. The van der Waals surface area contributed by atoms with Crippen LogP contribution >= 0.6 is 0 Å². The number of hydrogen-bond donors (Lipinski definition) is 0. The number of nitrogens with zero attached hydrogens (tertiary/aromatic N) is 1. The Balaban J connectivity index is 1.57. The summed E-state index contributed by atoms with van der Waals surface area (Å²) in [5.74, 6) is 3.30. The van der Waals surface area contributed by atoms with Crippen LogP contribution in [0.4, 0.5) is 0 Å². The van der Waals surface area contributed by atoms with Crippen molar-refractivity contribution < 1.29 is 18.9 Å². The maximum absolute atomic E-state index is 5.92. The molecular weight excluding hydrogens is 426 g/mol. The lowest BCUT2D eigenvalue weighted by Crippen LogP contribution is -2.36. The third kappa shape index (κ3) is 3.22. The van der Waals surface area contributed by atoms with Gasteiger partial charge in [-0.2, -0.15) is 0 Å². The van der Waals surface area contributed by atoms with Gasteiger partial charge in [0.1, 0.15) is 0 Å². The maximum Gasteiger partial charge on any atom is 0.231 e.